The van der Waals surface area contributed by atoms with Gasteiger partial charge < -0.3 is 5.32 Å². The number of hydrogen-bond donors (Lipinski definition) is 1. The lowest BCUT2D eigenvalue weighted by atomic mass is 10.2. The zero-order valence-corrected chi connectivity index (χ0v) is 9.63. The number of nitrogens with zero attached hydrogens (tertiary/aromatic N) is 4. The van der Waals surface area contributed by atoms with Crippen LogP contribution < -0.4 is 5.32 Å². The summed E-state index contributed by atoms with van der Waals surface area (Å²) in [5.74, 6) is 0.712. The third-order valence-corrected chi connectivity index (χ3v) is 2.63. The van der Waals surface area contributed by atoms with Gasteiger partial charge in [-0.3, -0.25) is 0 Å². The molecular weight excluding hydrogens is 233 g/mol. The molecule has 1 aromatic carbocycles. The van der Waals surface area contributed by atoms with E-state index in [0.717, 1.165) is 0 Å². The van der Waals surface area contributed by atoms with E-state index in [0.29, 0.717) is 22.9 Å². The van der Waals surface area contributed by atoms with E-state index in [4.69, 9.17) is 0 Å². The highest BCUT2D eigenvalue weighted by Crippen LogP contribution is 2.21. The summed E-state index contributed by atoms with van der Waals surface area (Å²) >= 11 is 0. The first-order valence-corrected chi connectivity index (χ1v) is 5.45. The van der Waals surface area contributed by atoms with Gasteiger partial charge in [-0.05, 0) is 24.3 Å². The molecule has 6 heteroatoms. The fourth-order valence-corrected chi connectivity index (χ4v) is 1.73. The van der Waals surface area contributed by atoms with Crippen LogP contribution in [0, 0.1) is 5.82 Å². The Morgan fingerprint density at radius 2 is 1.94 bits per heavy atom. The van der Waals surface area contributed by atoms with Crippen LogP contribution in [0.3, 0.4) is 0 Å². The van der Waals surface area contributed by atoms with E-state index in [-0.39, 0.29) is 5.82 Å². The van der Waals surface area contributed by atoms with Crippen molar-refractivity contribution in [1.82, 2.24) is 19.8 Å². The minimum atomic E-state index is -0.344. The normalized spacial score (nSPS) is 10.8. The van der Waals surface area contributed by atoms with Crippen molar-refractivity contribution in [2.75, 3.05) is 12.4 Å². The topological polar surface area (TPSA) is 55.1 Å². The average molecular weight is 243 g/mol. The number of hydrogen-bond acceptors (Lipinski definition) is 4. The molecule has 1 N–H and O–H groups in total. The SMILES string of the molecule is CNc1ccc2nnc(-c3ccccc3F)n2n1. The van der Waals surface area contributed by atoms with Crippen LogP contribution >= 0.6 is 0 Å². The van der Waals surface area contributed by atoms with Crippen LogP contribution in [0.1, 0.15) is 0 Å². The molecule has 90 valence electrons. The number of rotatable bonds is 2. The number of benzene rings is 1. The lowest BCUT2D eigenvalue weighted by molar-refractivity contribution is 0.629. The monoisotopic (exact) mass is 243 g/mol. The molecule has 0 aliphatic rings. The number of anilines is 1. The minimum absolute atomic E-state index is 0.344. The van der Waals surface area contributed by atoms with E-state index in [9.17, 15) is 4.39 Å². The maximum Gasteiger partial charge on any atom is 0.188 e. The molecule has 3 rings (SSSR count). The summed E-state index contributed by atoms with van der Waals surface area (Å²) in [6.45, 7) is 0. The van der Waals surface area contributed by atoms with Gasteiger partial charge in [-0.25, -0.2) is 4.39 Å². The van der Waals surface area contributed by atoms with Gasteiger partial charge in [0.05, 0.1) is 5.56 Å². The predicted molar refractivity (Wildman–Crippen MR) is 65.7 cm³/mol. The van der Waals surface area contributed by atoms with Crippen molar-refractivity contribution < 1.29 is 4.39 Å². The summed E-state index contributed by atoms with van der Waals surface area (Å²) in [4.78, 5) is 0. The Morgan fingerprint density at radius 3 is 2.72 bits per heavy atom. The molecule has 0 amide bonds. The number of fused-ring (bicyclic) bond motifs is 1. The molecule has 2 aromatic heterocycles. The molecule has 0 saturated heterocycles. The van der Waals surface area contributed by atoms with Crippen LogP contribution in [0.4, 0.5) is 10.2 Å². The minimum Gasteiger partial charge on any atom is -0.372 e. The molecule has 2 heterocycles. The van der Waals surface area contributed by atoms with E-state index in [1.807, 2.05) is 0 Å². The first-order chi connectivity index (χ1) is 8.79. The highest BCUT2D eigenvalue weighted by atomic mass is 19.1. The summed E-state index contributed by atoms with van der Waals surface area (Å²) in [6, 6.07) is 9.99. The maximum atomic E-state index is 13.7. The van der Waals surface area contributed by atoms with Crippen molar-refractivity contribution in [3.63, 3.8) is 0 Å². The van der Waals surface area contributed by atoms with E-state index in [1.165, 1.54) is 10.6 Å². The predicted octanol–water partition coefficient (Wildman–Crippen LogP) is 1.97. The molecule has 0 spiro atoms. The van der Waals surface area contributed by atoms with Gasteiger partial charge in [0.2, 0.25) is 0 Å². The summed E-state index contributed by atoms with van der Waals surface area (Å²) in [6.07, 6.45) is 0. The number of aromatic nitrogens is 4. The number of nitrogens with one attached hydrogen (secondary N) is 1. The Kier molecular flexibility index (Phi) is 2.40. The van der Waals surface area contributed by atoms with Crippen LogP contribution in [0.2, 0.25) is 0 Å². The summed E-state index contributed by atoms with van der Waals surface area (Å²) in [7, 11) is 1.77. The van der Waals surface area contributed by atoms with Gasteiger partial charge in [0.15, 0.2) is 11.5 Å². The standard InChI is InChI=1S/C12H10FN5/c1-14-10-6-7-11-15-16-12(18(11)17-10)8-4-2-3-5-9(8)13/h2-7H,1H3,(H,14,17). The highest BCUT2D eigenvalue weighted by molar-refractivity contribution is 5.60. The molecule has 0 aliphatic heterocycles. The van der Waals surface area contributed by atoms with Crippen LogP contribution in [-0.4, -0.2) is 26.9 Å². The van der Waals surface area contributed by atoms with Crippen molar-refractivity contribution in [3.05, 3.63) is 42.2 Å². The second-order valence-electron chi connectivity index (χ2n) is 3.74. The summed E-state index contributed by atoms with van der Waals surface area (Å²) < 4.78 is 15.3. The second-order valence-corrected chi connectivity index (χ2v) is 3.74. The zero-order valence-electron chi connectivity index (χ0n) is 9.63. The molecule has 0 unspecified atom stereocenters. The first kappa shape index (κ1) is 10.6. The van der Waals surface area contributed by atoms with Crippen molar-refractivity contribution >= 4 is 11.5 Å². The van der Waals surface area contributed by atoms with Gasteiger partial charge in [-0.1, -0.05) is 12.1 Å². The summed E-state index contributed by atoms with van der Waals surface area (Å²) in [5, 5.41) is 15.2. The molecule has 0 radical (unpaired) electrons. The van der Waals surface area contributed by atoms with Gasteiger partial charge in [-0.2, -0.15) is 4.52 Å². The highest BCUT2D eigenvalue weighted by Gasteiger charge is 2.13. The molecular formula is C12H10FN5. The van der Waals surface area contributed by atoms with Crippen molar-refractivity contribution in [2.24, 2.45) is 0 Å². The fraction of sp³-hybridized carbons (Fsp3) is 0.0833. The molecule has 0 saturated carbocycles. The zero-order chi connectivity index (χ0) is 12.5. The number of halogens is 1. The molecule has 18 heavy (non-hydrogen) atoms. The van der Waals surface area contributed by atoms with E-state index < -0.39 is 0 Å². The third kappa shape index (κ3) is 1.58. The lowest BCUT2D eigenvalue weighted by Crippen LogP contribution is -2.00. The largest absolute Gasteiger partial charge is 0.372 e. The smallest absolute Gasteiger partial charge is 0.188 e. The van der Waals surface area contributed by atoms with E-state index in [2.05, 4.69) is 20.6 Å². The Bertz CT molecular complexity index is 707. The van der Waals surface area contributed by atoms with Crippen LogP contribution in [0.5, 0.6) is 0 Å². The molecule has 0 fully saturated rings. The second kappa shape index (κ2) is 4.06. The maximum absolute atomic E-state index is 13.7. The van der Waals surface area contributed by atoms with Crippen LogP contribution in [0.15, 0.2) is 36.4 Å². The average Bonchev–Trinajstić information content (AvgIpc) is 2.82. The van der Waals surface area contributed by atoms with Gasteiger partial charge in [0, 0.05) is 7.05 Å². The van der Waals surface area contributed by atoms with Gasteiger partial charge in [0.25, 0.3) is 0 Å². The van der Waals surface area contributed by atoms with Crippen LogP contribution in [-0.2, 0) is 0 Å². The quantitative estimate of drug-likeness (QED) is 0.747. The van der Waals surface area contributed by atoms with Crippen molar-refractivity contribution in [3.8, 4) is 11.4 Å². The third-order valence-electron chi connectivity index (χ3n) is 2.63. The Hall–Kier alpha value is -2.50. The molecule has 0 bridgehead atoms. The molecule has 0 atom stereocenters. The van der Waals surface area contributed by atoms with Crippen molar-refractivity contribution in [1.29, 1.82) is 0 Å². The van der Waals surface area contributed by atoms with Gasteiger partial charge in [0.1, 0.15) is 11.6 Å². The van der Waals surface area contributed by atoms with Gasteiger partial charge >= 0.3 is 0 Å². The van der Waals surface area contributed by atoms with Crippen molar-refractivity contribution in [2.45, 2.75) is 0 Å². The Balaban J connectivity index is 2.26. The van der Waals surface area contributed by atoms with E-state index in [1.54, 1.807) is 37.4 Å². The summed E-state index contributed by atoms with van der Waals surface area (Å²) in [5.41, 5.74) is 0.956. The van der Waals surface area contributed by atoms with E-state index >= 15 is 0 Å². The molecule has 0 aliphatic carbocycles. The molecule has 3 aromatic rings. The Labute approximate surface area is 102 Å². The Morgan fingerprint density at radius 1 is 1.11 bits per heavy atom. The fourth-order valence-electron chi connectivity index (χ4n) is 1.73. The van der Waals surface area contributed by atoms with Gasteiger partial charge in [-0.15, -0.1) is 15.3 Å². The lowest BCUT2D eigenvalue weighted by Gasteiger charge is -2.02. The van der Waals surface area contributed by atoms with Crippen LogP contribution in [0.25, 0.3) is 17.0 Å². The molecule has 5 nitrogen and oxygen atoms in total. The first-order valence-electron chi connectivity index (χ1n) is 5.45.